The van der Waals surface area contributed by atoms with Crippen LogP contribution in [0.1, 0.15) is 25.0 Å². The summed E-state index contributed by atoms with van der Waals surface area (Å²) in [5, 5.41) is 6.86. The monoisotopic (exact) mass is 506 g/mol. The lowest BCUT2D eigenvalue weighted by Gasteiger charge is -2.26. The van der Waals surface area contributed by atoms with Crippen LogP contribution in [-0.2, 0) is 15.9 Å². The van der Waals surface area contributed by atoms with E-state index in [0.29, 0.717) is 0 Å². The van der Waals surface area contributed by atoms with E-state index >= 15 is 0 Å². The molecule has 8 heteroatoms. The normalized spacial score (nSPS) is 17.9. The number of hydrogen-bond acceptors (Lipinski definition) is 5. The molecule has 0 bridgehead atoms. The quantitative estimate of drug-likeness (QED) is 0.196. The lowest BCUT2D eigenvalue weighted by Crippen LogP contribution is -2.44. The Morgan fingerprint density at radius 1 is 1.21 bits per heavy atom. The van der Waals surface area contributed by atoms with Crippen molar-refractivity contribution in [1.82, 2.24) is 15.5 Å². The minimum absolute atomic E-state index is 0. The highest BCUT2D eigenvalue weighted by molar-refractivity contribution is 14.0. The molecule has 1 saturated carbocycles. The predicted molar refractivity (Wildman–Crippen MR) is 122 cm³/mol. The molecule has 2 fully saturated rings. The van der Waals surface area contributed by atoms with Crippen molar-refractivity contribution in [3.05, 3.63) is 24.2 Å². The van der Waals surface area contributed by atoms with Gasteiger partial charge in [0.2, 0.25) is 0 Å². The maximum atomic E-state index is 5.69. The fourth-order valence-electron chi connectivity index (χ4n) is 2.98. The molecule has 0 unspecified atom stereocenters. The first kappa shape index (κ1) is 23.4. The minimum Gasteiger partial charge on any atom is -0.469 e. The van der Waals surface area contributed by atoms with Gasteiger partial charge in [0.15, 0.2) is 5.96 Å². The second kappa shape index (κ2) is 14.2. The van der Waals surface area contributed by atoms with Gasteiger partial charge < -0.3 is 24.5 Å². The highest BCUT2D eigenvalue weighted by atomic mass is 127. The van der Waals surface area contributed by atoms with Gasteiger partial charge in [0.25, 0.3) is 0 Å². The Morgan fingerprint density at radius 2 is 2.04 bits per heavy atom. The van der Waals surface area contributed by atoms with Crippen LogP contribution in [0.25, 0.3) is 0 Å². The lowest BCUT2D eigenvalue weighted by atomic mass is 10.3. The topological polar surface area (TPSA) is 71.3 Å². The molecule has 0 amide bonds. The van der Waals surface area contributed by atoms with Crippen LogP contribution in [0.4, 0.5) is 0 Å². The molecule has 1 aliphatic carbocycles. The molecule has 2 aliphatic rings. The molecule has 160 valence electrons. The summed E-state index contributed by atoms with van der Waals surface area (Å²) < 4.78 is 16.5. The first-order chi connectivity index (χ1) is 13.4. The van der Waals surface area contributed by atoms with Gasteiger partial charge in [-0.2, -0.15) is 0 Å². The molecule has 0 radical (unpaired) electrons. The van der Waals surface area contributed by atoms with E-state index in [2.05, 4.69) is 15.5 Å². The van der Waals surface area contributed by atoms with Gasteiger partial charge in [0.1, 0.15) is 5.76 Å². The molecule has 7 nitrogen and oxygen atoms in total. The Bertz CT molecular complexity index is 532. The van der Waals surface area contributed by atoms with E-state index in [9.17, 15) is 0 Å². The number of morpholine rings is 1. The standard InChI is InChI=1S/C20H34N4O3.HI/c1-3-19(27-14-1)6-8-22-20(21-7-2-13-26-17-18-4-5-18)23-9-10-24-11-15-25-16-12-24;/h1,3,14,18H,2,4-13,15-17H2,(H2,21,22,23);1H. The average molecular weight is 506 g/mol. The number of nitrogens with zero attached hydrogens (tertiary/aromatic N) is 2. The summed E-state index contributed by atoms with van der Waals surface area (Å²) in [4.78, 5) is 7.12. The van der Waals surface area contributed by atoms with Gasteiger partial charge >= 0.3 is 0 Å². The van der Waals surface area contributed by atoms with Gasteiger partial charge in [0, 0.05) is 58.9 Å². The van der Waals surface area contributed by atoms with Crippen molar-refractivity contribution in [2.24, 2.45) is 10.9 Å². The molecule has 1 saturated heterocycles. The Labute approximate surface area is 185 Å². The molecule has 2 heterocycles. The van der Waals surface area contributed by atoms with Crippen molar-refractivity contribution in [2.45, 2.75) is 25.7 Å². The lowest BCUT2D eigenvalue weighted by molar-refractivity contribution is 0.0389. The maximum Gasteiger partial charge on any atom is 0.191 e. The largest absolute Gasteiger partial charge is 0.469 e. The first-order valence-electron chi connectivity index (χ1n) is 10.3. The van der Waals surface area contributed by atoms with Crippen molar-refractivity contribution < 1.29 is 13.9 Å². The third-order valence-electron chi connectivity index (χ3n) is 4.84. The van der Waals surface area contributed by atoms with Crippen LogP contribution >= 0.6 is 24.0 Å². The van der Waals surface area contributed by atoms with E-state index in [1.54, 1.807) is 6.26 Å². The van der Waals surface area contributed by atoms with Crippen molar-refractivity contribution in [1.29, 1.82) is 0 Å². The van der Waals surface area contributed by atoms with Gasteiger partial charge in [-0.25, -0.2) is 0 Å². The number of rotatable bonds is 12. The van der Waals surface area contributed by atoms with E-state index in [1.165, 1.54) is 12.8 Å². The molecule has 0 aromatic carbocycles. The Hall–Kier alpha value is -0.840. The summed E-state index contributed by atoms with van der Waals surface area (Å²) in [6, 6.07) is 3.92. The molecule has 0 atom stereocenters. The van der Waals surface area contributed by atoms with Gasteiger partial charge in [0.05, 0.1) is 19.5 Å². The Morgan fingerprint density at radius 3 is 2.79 bits per heavy atom. The smallest absolute Gasteiger partial charge is 0.191 e. The SMILES string of the molecule is I.c1coc(CCNC(=NCCCOCC2CC2)NCCN2CCOCC2)c1. The average Bonchev–Trinajstić information content (AvgIpc) is 3.38. The van der Waals surface area contributed by atoms with Crippen LogP contribution < -0.4 is 10.6 Å². The summed E-state index contributed by atoms with van der Waals surface area (Å²) in [6.07, 6.45) is 6.21. The van der Waals surface area contributed by atoms with Crippen molar-refractivity contribution >= 4 is 29.9 Å². The molecule has 0 spiro atoms. The first-order valence-corrected chi connectivity index (χ1v) is 10.3. The second-order valence-corrected chi connectivity index (χ2v) is 7.24. The number of guanidine groups is 1. The van der Waals surface area contributed by atoms with Gasteiger partial charge in [-0.05, 0) is 37.3 Å². The number of furan rings is 1. The van der Waals surface area contributed by atoms with E-state index in [-0.39, 0.29) is 24.0 Å². The zero-order valence-corrected chi connectivity index (χ0v) is 19.1. The van der Waals surface area contributed by atoms with Gasteiger partial charge in [-0.3, -0.25) is 9.89 Å². The van der Waals surface area contributed by atoms with E-state index in [1.807, 2.05) is 12.1 Å². The number of ether oxygens (including phenoxy) is 2. The predicted octanol–water partition coefficient (Wildman–Crippen LogP) is 2.12. The summed E-state index contributed by atoms with van der Waals surface area (Å²) in [7, 11) is 0. The molecule has 28 heavy (non-hydrogen) atoms. The summed E-state index contributed by atoms with van der Waals surface area (Å²) in [5.41, 5.74) is 0. The molecule has 1 aromatic rings. The third-order valence-corrected chi connectivity index (χ3v) is 4.84. The van der Waals surface area contributed by atoms with Crippen molar-refractivity contribution in [3.63, 3.8) is 0 Å². The van der Waals surface area contributed by atoms with Crippen LogP contribution in [0.5, 0.6) is 0 Å². The number of aliphatic imine (C=N–C) groups is 1. The molecule has 1 aliphatic heterocycles. The third kappa shape index (κ3) is 10.1. The fraction of sp³-hybridized carbons (Fsp3) is 0.750. The van der Waals surface area contributed by atoms with E-state index < -0.39 is 0 Å². The van der Waals surface area contributed by atoms with Crippen LogP contribution in [0.15, 0.2) is 27.8 Å². The minimum atomic E-state index is 0. The van der Waals surface area contributed by atoms with Crippen LogP contribution in [0.2, 0.25) is 0 Å². The number of nitrogens with one attached hydrogen (secondary N) is 2. The molecular weight excluding hydrogens is 471 g/mol. The maximum absolute atomic E-state index is 5.69. The van der Waals surface area contributed by atoms with Crippen molar-refractivity contribution in [2.75, 3.05) is 65.7 Å². The zero-order chi connectivity index (χ0) is 18.6. The Kier molecular flexibility index (Phi) is 11.9. The molecular formula is C20H35IN4O3. The highest BCUT2D eigenvalue weighted by Gasteiger charge is 2.20. The van der Waals surface area contributed by atoms with Gasteiger partial charge in [-0.15, -0.1) is 24.0 Å². The Balaban J connectivity index is 0.00000280. The summed E-state index contributed by atoms with van der Waals surface area (Å²) in [5.74, 6) is 2.69. The summed E-state index contributed by atoms with van der Waals surface area (Å²) in [6.45, 7) is 8.89. The second-order valence-electron chi connectivity index (χ2n) is 7.24. The zero-order valence-electron chi connectivity index (χ0n) is 16.7. The van der Waals surface area contributed by atoms with Crippen LogP contribution in [-0.4, -0.2) is 76.6 Å². The number of halogens is 1. The van der Waals surface area contributed by atoms with Crippen LogP contribution in [0.3, 0.4) is 0 Å². The molecule has 2 N–H and O–H groups in total. The molecule has 3 rings (SSSR count). The van der Waals surface area contributed by atoms with Gasteiger partial charge in [-0.1, -0.05) is 0 Å². The van der Waals surface area contributed by atoms with Crippen LogP contribution in [0, 0.1) is 5.92 Å². The molecule has 1 aromatic heterocycles. The van der Waals surface area contributed by atoms with E-state index in [0.717, 1.165) is 96.2 Å². The number of hydrogen-bond donors (Lipinski definition) is 2. The summed E-state index contributed by atoms with van der Waals surface area (Å²) >= 11 is 0. The fourth-order valence-corrected chi connectivity index (χ4v) is 2.98. The van der Waals surface area contributed by atoms with Crippen molar-refractivity contribution in [3.8, 4) is 0 Å². The van der Waals surface area contributed by atoms with E-state index in [4.69, 9.17) is 18.9 Å². The highest BCUT2D eigenvalue weighted by Crippen LogP contribution is 2.28.